The molecule has 2 aliphatic rings. The molecule has 0 amide bonds. The minimum Gasteiger partial charge on any atom is -0.496 e. The molecule has 0 spiro atoms. The number of imidazole rings is 1. The zero-order valence-electron chi connectivity index (χ0n) is 32.5. The number of hydrogen-bond donors (Lipinski definition) is 1. The normalized spacial score (nSPS) is 21.4. The van der Waals surface area contributed by atoms with Crippen LogP contribution >= 0.6 is 0 Å². The van der Waals surface area contributed by atoms with E-state index >= 15 is 4.39 Å². The fraction of sp³-hybridized carbons (Fsp3) is 0.435. The van der Waals surface area contributed by atoms with Crippen LogP contribution in [0.3, 0.4) is 0 Å². The van der Waals surface area contributed by atoms with Crippen LogP contribution in [0.1, 0.15) is 89.3 Å². The first-order valence-electron chi connectivity index (χ1n) is 19.5. The average molecular weight is 733 g/mol. The topological polar surface area (TPSA) is 82.8 Å². The molecule has 0 radical (unpaired) electrons. The summed E-state index contributed by atoms with van der Waals surface area (Å²) in [5, 5.41) is 9.85. The Labute approximate surface area is 318 Å². The van der Waals surface area contributed by atoms with Gasteiger partial charge in [0.25, 0.3) is 0 Å². The van der Waals surface area contributed by atoms with Crippen LogP contribution in [0.5, 0.6) is 11.5 Å². The quantitative estimate of drug-likeness (QED) is 0.121. The van der Waals surface area contributed by atoms with E-state index in [1.165, 1.54) is 16.7 Å². The lowest BCUT2D eigenvalue weighted by molar-refractivity contribution is -0.146. The third-order valence-corrected chi connectivity index (χ3v) is 12.3. The Kier molecular flexibility index (Phi) is 10.6. The van der Waals surface area contributed by atoms with Gasteiger partial charge in [0.1, 0.15) is 23.1 Å². The first kappa shape index (κ1) is 37.6. The van der Waals surface area contributed by atoms with Crippen molar-refractivity contribution in [1.29, 1.82) is 0 Å². The summed E-state index contributed by atoms with van der Waals surface area (Å²) in [6.07, 6.45) is 4.58. The minimum absolute atomic E-state index is 0.0257. The Morgan fingerprint density at radius 2 is 1.81 bits per heavy atom. The van der Waals surface area contributed by atoms with Gasteiger partial charge >= 0.3 is 5.97 Å². The summed E-state index contributed by atoms with van der Waals surface area (Å²) in [5.74, 6) is 1.09. The van der Waals surface area contributed by atoms with Gasteiger partial charge in [-0.1, -0.05) is 82.6 Å². The van der Waals surface area contributed by atoms with E-state index in [9.17, 15) is 9.90 Å². The molecule has 1 unspecified atom stereocenters. The van der Waals surface area contributed by atoms with E-state index in [0.717, 1.165) is 48.7 Å². The average Bonchev–Trinajstić information content (AvgIpc) is 3.49. The number of fused-ring (bicyclic) bond motifs is 4. The molecule has 1 aromatic heterocycles. The summed E-state index contributed by atoms with van der Waals surface area (Å²) < 4.78 is 35.7. The molecule has 1 N–H and O–H groups in total. The van der Waals surface area contributed by atoms with Gasteiger partial charge in [-0.05, 0) is 95.7 Å². The number of ether oxygens (including phenoxy) is 3. The number of aromatic nitrogens is 2. The molecule has 5 aromatic rings. The van der Waals surface area contributed by atoms with Crippen LogP contribution in [-0.4, -0.2) is 47.1 Å². The molecule has 4 aromatic carbocycles. The number of benzene rings is 4. The van der Waals surface area contributed by atoms with Crippen LogP contribution in [0.4, 0.5) is 4.39 Å². The number of methoxy groups -OCH3 is 1. The fourth-order valence-corrected chi connectivity index (χ4v) is 9.57. The molecule has 1 saturated carbocycles. The van der Waals surface area contributed by atoms with Crippen molar-refractivity contribution in [2.75, 3.05) is 20.3 Å². The van der Waals surface area contributed by atoms with Crippen LogP contribution < -0.4 is 9.47 Å². The van der Waals surface area contributed by atoms with Gasteiger partial charge in [-0.25, -0.2) is 14.2 Å². The molecule has 54 heavy (non-hydrogen) atoms. The molecule has 8 heteroatoms. The van der Waals surface area contributed by atoms with Crippen LogP contribution in [0.15, 0.2) is 78.9 Å². The SMILES string of the molecule is CCOCCC(Oc1ccc(-c2nc3cc(-c4ccccc4)c(F)cc3n2C[C@@]2(C)CCC[C@]3(C)c4ccc(C(C)C)cc4CC[C@@H]23)c(OC)c1)C(=O)O. The Morgan fingerprint density at radius 1 is 1.02 bits per heavy atom. The molecular formula is C46H53FN2O5. The monoisotopic (exact) mass is 732 g/mol. The number of carboxylic acid groups (broad SMARTS) is 1. The van der Waals surface area contributed by atoms with Gasteiger partial charge in [-0.15, -0.1) is 0 Å². The summed E-state index contributed by atoms with van der Waals surface area (Å²) in [6, 6.07) is 25.6. The van der Waals surface area contributed by atoms with Crippen LogP contribution in [-0.2, 0) is 27.9 Å². The third kappa shape index (κ3) is 7.01. The molecule has 7 nitrogen and oxygen atoms in total. The summed E-state index contributed by atoms with van der Waals surface area (Å²) in [5.41, 5.74) is 7.75. The molecule has 284 valence electrons. The molecule has 0 bridgehead atoms. The molecule has 2 aliphatic carbocycles. The number of hydrogen-bond acceptors (Lipinski definition) is 5. The second-order valence-corrected chi connectivity index (χ2v) is 16.1. The Balaban J connectivity index is 1.32. The standard InChI is InChI=1S/C46H53FN2O5/c1-7-53-23-20-40(44(50)51)54-33-16-17-34(41(25-33)52-6)43-48-38-26-35(30-12-9-8-10-13-30)37(47)27-39(38)49(43)28-45(4)21-11-22-46(5)36-18-14-31(29(2)3)24-32(36)15-19-42(45)46/h8-10,12-14,16-18,24-27,29,40,42H,7,11,15,19-23,28H2,1-6H3,(H,50,51)/t40?,42-,45+,46+/m0/s1. The van der Waals surface area contributed by atoms with Crippen molar-refractivity contribution < 1.29 is 28.5 Å². The van der Waals surface area contributed by atoms with Gasteiger partial charge in [0, 0.05) is 37.3 Å². The van der Waals surface area contributed by atoms with Crippen molar-refractivity contribution in [2.24, 2.45) is 11.3 Å². The predicted molar refractivity (Wildman–Crippen MR) is 212 cm³/mol. The number of aliphatic carboxylic acids is 1. The second-order valence-electron chi connectivity index (χ2n) is 16.1. The molecule has 4 atom stereocenters. The number of halogens is 1. The van der Waals surface area contributed by atoms with Crippen molar-refractivity contribution >= 4 is 17.0 Å². The highest BCUT2D eigenvalue weighted by Crippen LogP contribution is 2.58. The smallest absolute Gasteiger partial charge is 0.344 e. The predicted octanol–water partition coefficient (Wildman–Crippen LogP) is 10.6. The lowest BCUT2D eigenvalue weighted by atomic mass is 9.49. The van der Waals surface area contributed by atoms with E-state index in [-0.39, 0.29) is 29.7 Å². The van der Waals surface area contributed by atoms with Gasteiger partial charge in [-0.3, -0.25) is 0 Å². The maximum atomic E-state index is 16.2. The van der Waals surface area contributed by atoms with Gasteiger partial charge in [0.15, 0.2) is 6.10 Å². The Bertz CT molecular complexity index is 2140. The first-order valence-corrected chi connectivity index (χ1v) is 19.5. The van der Waals surface area contributed by atoms with Crippen molar-refractivity contribution in [3.63, 3.8) is 0 Å². The van der Waals surface area contributed by atoms with Crippen molar-refractivity contribution in [2.45, 2.75) is 97.1 Å². The number of rotatable bonds is 13. The molecule has 0 aliphatic heterocycles. The highest BCUT2D eigenvalue weighted by molar-refractivity contribution is 5.87. The number of nitrogens with zero attached hydrogens (tertiary/aromatic N) is 2. The van der Waals surface area contributed by atoms with Gasteiger partial charge in [-0.2, -0.15) is 0 Å². The van der Waals surface area contributed by atoms with Crippen molar-refractivity contribution in [3.8, 4) is 34.0 Å². The molecule has 1 heterocycles. The molecule has 1 fully saturated rings. The summed E-state index contributed by atoms with van der Waals surface area (Å²) in [4.78, 5) is 17.3. The number of carboxylic acids is 1. The third-order valence-electron chi connectivity index (χ3n) is 12.3. The zero-order valence-corrected chi connectivity index (χ0v) is 32.5. The van der Waals surface area contributed by atoms with Crippen LogP contribution in [0.2, 0.25) is 0 Å². The van der Waals surface area contributed by atoms with E-state index in [1.807, 2.05) is 49.4 Å². The van der Waals surface area contributed by atoms with Crippen LogP contribution in [0.25, 0.3) is 33.5 Å². The summed E-state index contributed by atoms with van der Waals surface area (Å²) in [7, 11) is 1.59. The molecule has 0 saturated heterocycles. The highest BCUT2D eigenvalue weighted by Gasteiger charge is 2.52. The van der Waals surface area contributed by atoms with Gasteiger partial charge in [0.2, 0.25) is 0 Å². The largest absolute Gasteiger partial charge is 0.496 e. The number of aryl methyl sites for hydroxylation is 1. The first-order chi connectivity index (χ1) is 26.0. The Morgan fingerprint density at radius 3 is 2.54 bits per heavy atom. The van der Waals surface area contributed by atoms with E-state index < -0.39 is 12.1 Å². The van der Waals surface area contributed by atoms with Crippen molar-refractivity contribution in [1.82, 2.24) is 9.55 Å². The summed E-state index contributed by atoms with van der Waals surface area (Å²) >= 11 is 0. The Hall–Kier alpha value is -4.69. The number of carbonyl (C=O) groups is 1. The second kappa shape index (κ2) is 15.2. The molecule has 7 rings (SSSR count). The fourth-order valence-electron chi connectivity index (χ4n) is 9.57. The lowest BCUT2D eigenvalue weighted by Crippen LogP contribution is -2.50. The van der Waals surface area contributed by atoms with Gasteiger partial charge < -0.3 is 23.9 Å². The van der Waals surface area contributed by atoms with E-state index in [2.05, 4.69) is 50.5 Å². The molecular weight excluding hydrogens is 680 g/mol. The zero-order chi connectivity index (χ0) is 38.2. The van der Waals surface area contributed by atoms with Crippen LogP contribution in [0, 0.1) is 17.2 Å². The van der Waals surface area contributed by atoms with Crippen molar-refractivity contribution in [3.05, 3.63) is 101 Å². The maximum absolute atomic E-state index is 16.2. The highest BCUT2D eigenvalue weighted by atomic mass is 19.1. The van der Waals surface area contributed by atoms with Gasteiger partial charge in [0.05, 0.1) is 30.3 Å². The summed E-state index contributed by atoms with van der Waals surface area (Å²) in [6.45, 7) is 12.7. The minimum atomic E-state index is -1.07. The van der Waals surface area contributed by atoms with E-state index in [1.54, 1.807) is 25.3 Å². The lowest BCUT2D eigenvalue weighted by Gasteiger charge is -2.56. The maximum Gasteiger partial charge on any atom is 0.344 e. The van der Waals surface area contributed by atoms with E-state index in [0.29, 0.717) is 53.4 Å². The van der Waals surface area contributed by atoms with E-state index in [4.69, 9.17) is 19.2 Å².